The summed E-state index contributed by atoms with van der Waals surface area (Å²) in [5.74, 6) is 2.05. The van der Waals surface area contributed by atoms with Gasteiger partial charge < -0.3 is 5.32 Å². The lowest BCUT2D eigenvalue weighted by Gasteiger charge is -2.59. The topological polar surface area (TPSA) is 29.1 Å². The van der Waals surface area contributed by atoms with Crippen molar-refractivity contribution in [3.8, 4) is 0 Å². The standard InChI is InChI=1S/C20H25ClFNO/c1-12(20-9-13-5-14(10-20)7-15(6-13)11-20)23-19(24)8-16-17(21)3-2-4-18(16)22/h2-4,12-15H,5-11H2,1H3,(H,23,24)/t12-,13?,14?,15?,20?/m1/s1. The molecule has 2 nitrogen and oxygen atoms in total. The van der Waals surface area contributed by atoms with Crippen LogP contribution in [0.25, 0.3) is 0 Å². The Kier molecular flexibility index (Phi) is 4.11. The second-order valence-electron chi connectivity index (χ2n) is 8.45. The van der Waals surface area contributed by atoms with Gasteiger partial charge >= 0.3 is 0 Å². The summed E-state index contributed by atoms with van der Waals surface area (Å²) in [7, 11) is 0. The summed E-state index contributed by atoms with van der Waals surface area (Å²) >= 11 is 6.05. The van der Waals surface area contributed by atoms with Crippen LogP contribution < -0.4 is 5.32 Å². The van der Waals surface area contributed by atoms with Crippen LogP contribution in [-0.2, 0) is 11.2 Å². The van der Waals surface area contributed by atoms with Gasteiger partial charge in [-0.2, -0.15) is 0 Å². The summed E-state index contributed by atoms with van der Waals surface area (Å²) in [6.45, 7) is 2.15. The largest absolute Gasteiger partial charge is 0.353 e. The molecule has 4 heteroatoms. The van der Waals surface area contributed by atoms with Crippen molar-refractivity contribution in [1.29, 1.82) is 0 Å². The molecule has 0 aliphatic heterocycles. The molecular weight excluding hydrogens is 325 g/mol. The van der Waals surface area contributed by atoms with Crippen LogP contribution in [-0.4, -0.2) is 11.9 Å². The van der Waals surface area contributed by atoms with Crippen LogP contribution in [0.4, 0.5) is 4.39 Å². The molecule has 4 aliphatic carbocycles. The predicted molar refractivity (Wildman–Crippen MR) is 93.3 cm³/mol. The molecule has 4 bridgehead atoms. The molecule has 1 atom stereocenters. The molecule has 0 heterocycles. The van der Waals surface area contributed by atoms with Gasteiger partial charge in [0.05, 0.1) is 6.42 Å². The Bertz CT molecular complexity index is 604. The number of hydrogen-bond donors (Lipinski definition) is 1. The van der Waals surface area contributed by atoms with Crippen LogP contribution >= 0.6 is 11.6 Å². The molecule has 130 valence electrons. The van der Waals surface area contributed by atoms with E-state index in [2.05, 4.69) is 12.2 Å². The third-order valence-electron chi connectivity index (χ3n) is 6.78. The normalized spacial score (nSPS) is 35.0. The maximum atomic E-state index is 13.9. The number of halogens is 2. The van der Waals surface area contributed by atoms with Crippen LogP contribution in [0, 0.1) is 29.0 Å². The Hall–Kier alpha value is -1.09. The lowest BCUT2D eigenvalue weighted by atomic mass is 9.48. The summed E-state index contributed by atoms with van der Waals surface area (Å²) in [5.41, 5.74) is 0.568. The fraction of sp³-hybridized carbons (Fsp3) is 0.650. The third kappa shape index (κ3) is 2.85. The van der Waals surface area contributed by atoms with E-state index in [0.29, 0.717) is 10.6 Å². The van der Waals surface area contributed by atoms with Crippen LogP contribution in [0.1, 0.15) is 51.0 Å². The van der Waals surface area contributed by atoms with E-state index in [1.165, 1.54) is 44.6 Å². The summed E-state index contributed by atoms with van der Waals surface area (Å²) in [4.78, 5) is 12.5. The number of rotatable bonds is 4. The van der Waals surface area contributed by atoms with E-state index in [1.54, 1.807) is 12.1 Å². The molecule has 0 spiro atoms. The molecule has 4 saturated carbocycles. The highest BCUT2D eigenvalue weighted by atomic mass is 35.5. The Morgan fingerprint density at radius 3 is 2.38 bits per heavy atom. The average Bonchev–Trinajstić information content (AvgIpc) is 2.49. The fourth-order valence-corrected chi connectivity index (χ4v) is 6.25. The minimum absolute atomic E-state index is 0.0161. The van der Waals surface area contributed by atoms with Crippen molar-refractivity contribution in [2.24, 2.45) is 23.2 Å². The first-order valence-electron chi connectivity index (χ1n) is 9.17. The van der Waals surface area contributed by atoms with Crippen molar-refractivity contribution in [3.05, 3.63) is 34.6 Å². The average molecular weight is 350 g/mol. The summed E-state index contributed by atoms with van der Waals surface area (Å²) in [6.07, 6.45) is 7.95. The highest BCUT2D eigenvalue weighted by Crippen LogP contribution is 2.61. The van der Waals surface area contributed by atoms with Crippen LogP contribution in [0.3, 0.4) is 0 Å². The first kappa shape index (κ1) is 16.4. The Balaban J connectivity index is 1.44. The molecule has 0 saturated heterocycles. The van der Waals surface area contributed by atoms with Crippen molar-refractivity contribution in [2.75, 3.05) is 0 Å². The van der Waals surface area contributed by atoms with E-state index in [9.17, 15) is 9.18 Å². The molecule has 1 amide bonds. The van der Waals surface area contributed by atoms with Gasteiger partial charge in [-0.15, -0.1) is 0 Å². The molecule has 4 aliphatic rings. The van der Waals surface area contributed by atoms with Crippen LogP contribution in [0.2, 0.25) is 5.02 Å². The zero-order valence-electron chi connectivity index (χ0n) is 14.2. The van der Waals surface area contributed by atoms with Gasteiger partial charge in [-0.05, 0) is 80.8 Å². The lowest BCUT2D eigenvalue weighted by Crippen LogP contribution is -2.56. The maximum absolute atomic E-state index is 13.9. The quantitative estimate of drug-likeness (QED) is 0.835. The summed E-state index contributed by atoms with van der Waals surface area (Å²) in [5, 5.41) is 3.50. The van der Waals surface area contributed by atoms with Crippen LogP contribution in [0.15, 0.2) is 18.2 Å². The van der Waals surface area contributed by atoms with E-state index in [0.717, 1.165) is 17.8 Å². The molecule has 5 rings (SSSR count). The number of carbonyl (C=O) groups is 1. The third-order valence-corrected chi connectivity index (χ3v) is 7.13. The van der Waals surface area contributed by atoms with E-state index in [4.69, 9.17) is 11.6 Å². The van der Waals surface area contributed by atoms with E-state index in [-0.39, 0.29) is 23.8 Å². The van der Waals surface area contributed by atoms with Gasteiger partial charge in [0.25, 0.3) is 0 Å². The first-order chi connectivity index (χ1) is 11.4. The Labute approximate surface area is 148 Å². The molecule has 1 aromatic rings. The molecule has 24 heavy (non-hydrogen) atoms. The molecule has 1 N–H and O–H groups in total. The second kappa shape index (κ2) is 6.01. The Morgan fingerprint density at radius 1 is 1.25 bits per heavy atom. The highest BCUT2D eigenvalue weighted by Gasteiger charge is 2.53. The minimum Gasteiger partial charge on any atom is -0.353 e. The maximum Gasteiger partial charge on any atom is 0.224 e. The van der Waals surface area contributed by atoms with E-state index >= 15 is 0 Å². The molecular formula is C20H25ClFNO. The summed E-state index contributed by atoms with van der Waals surface area (Å²) < 4.78 is 13.9. The van der Waals surface area contributed by atoms with Gasteiger partial charge in [0.2, 0.25) is 5.91 Å². The van der Waals surface area contributed by atoms with Gasteiger partial charge in [0, 0.05) is 16.6 Å². The lowest BCUT2D eigenvalue weighted by molar-refractivity contribution is -0.125. The molecule has 1 aromatic carbocycles. The highest BCUT2D eigenvalue weighted by molar-refractivity contribution is 6.31. The van der Waals surface area contributed by atoms with Crippen molar-refractivity contribution in [1.82, 2.24) is 5.32 Å². The fourth-order valence-electron chi connectivity index (χ4n) is 6.02. The van der Waals surface area contributed by atoms with Gasteiger partial charge in [-0.3, -0.25) is 4.79 Å². The van der Waals surface area contributed by atoms with Crippen molar-refractivity contribution in [3.63, 3.8) is 0 Å². The van der Waals surface area contributed by atoms with Crippen LogP contribution in [0.5, 0.6) is 0 Å². The summed E-state index contributed by atoms with van der Waals surface area (Å²) in [6, 6.07) is 4.72. The van der Waals surface area contributed by atoms with Crippen molar-refractivity contribution in [2.45, 2.75) is 57.9 Å². The molecule has 0 unspecified atom stereocenters. The van der Waals surface area contributed by atoms with Crippen molar-refractivity contribution >= 4 is 17.5 Å². The number of carbonyl (C=O) groups excluding carboxylic acids is 1. The second-order valence-corrected chi connectivity index (χ2v) is 8.85. The molecule has 0 radical (unpaired) electrons. The van der Waals surface area contributed by atoms with Gasteiger partial charge in [0.1, 0.15) is 5.82 Å². The number of hydrogen-bond acceptors (Lipinski definition) is 1. The molecule has 0 aromatic heterocycles. The SMILES string of the molecule is C[C@@H](NC(=O)Cc1c(F)cccc1Cl)C12CC3CC(CC(C3)C1)C2. The first-order valence-corrected chi connectivity index (χ1v) is 9.55. The van der Waals surface area contributed by atoms with E-state index in [1.807, 2.05) is 0 Å². The molecule has 4 fully saturated rings. The van der Waals surface area contributed by atoms with Gasteiger partial charge in [-0.1, -0.05) is 17.7 Å². The zero-order valence-corrected chi connectivity index (χ0v) is 14.9. The van der Waals surface area contributed by atoms with E-state index < -0.39 is 5.82 Å². The number of nitrogens with one attached hydrogen (secondary N) is 1. The number of benzene rings is 1. The predicted octanol–water partition coefficient (Wildman–Crippen LogP) is 4.74. The zero-order chi connectivity index (χ0) is 16.9. The number of amides is 1. The van der Waals surface area contributed by atoms with Gasteiger partial charge in [-0.25, -0.2) is 4.39 Å². The van der Waals surface area contributed by atoms with Crippen molar-refractivity contribution < 1.29 is 9.18 Å². The Morgan fingerprint density at radius 2 is 1.83 bits per heavy atom. The monoisotopic (exact) mass is 349 g/mol. The van der Waals surface area contributed by atoms with Gasteiger partial charge in [0.15, 0.2) is 0 Å². The smallest absolute Gasteiger partial charge is 0.224 e. The minimum atomic E-state index is -0.403.